The average Bonchev–Trinajstić information content (AvgIpc) is 2.60. The Bertz CT molecular complexity index is 130. The fourth-order valence-corrected chi connectivity index (χ4v) is 1.85. The molecular formula is C10H21NO2. The number of rotatable bonds is 6. The minimum Gasteiger partial charge on any atom is -0.396 e. The van der Waals surface area contributed by atoms with Crippen LogP contribution in [0.1, 0.15) is 19.3 Å². The normalized spacial score (nSPS) is 24.0. The van der Waals surface area contributed by atoms with Gasteiger partial charge >= 0.3 is 0 Å². The van der Waals surface area contributed by atoms with Gasteiger partial charge in [-0.15, -0.1) is 0 Å². The molecule has 0 bridgehead atoms. The predicted octanol–water partition coefficient (Wildman–Crippen LogP) is 0.727. The van der Waals surface area contributed by atoms with Crippen molar-refractivity contribution in [1.29, 1.82) is 0 Å². The van der Waals surface area contributed by atoms with Crippen molar-refractivity contribution in [1.82, 2.24) is 4.90 Å². The minimum absolute atomic E-state index is 0.356. The summed E-state index contributed by atoms with van der Waals surface area (Å²) in [6.45, 7) is 4.65. The van der Waals surface area contributed by atoms with Crippen molar-refractivity contribution in [3.05, 3.63) is 0 Å². The molecule has 0 amide bonds. The van der Waals surface area contributed by atoms with E-state index < -0.39 is 0 Å². The third-order valence-corrected chi connectivity index (χ3v) is 2.70. The van der Waals surface area contributed by atoms with Gasteiger partial charge in [0.05, 0.1) is 0 Å². The smallest absolute Gasteiger partial charge is 0.0471 e. The zero-order valence-electron chi connectivity index (χ0n) is 8.54. The molecule has 0 spiro atoms. The average molecular weight is 187 g/mol. The van der Waals surface area contributed by atoms with E-state index in [-0.39, 0.29) is 0 Å². The summed E-state index contributed by atoms with van der Waals surface area (Å²) in [6, 6.07) is 0. The van der Waals surface area contributed by atoms with E-state index in [0.29, 0.717) is 12.5 Å². The molecule has 78 valence electrons. The van der Waals surface area contributed by atoms with E-state index in [0.717, 1.165) is 26.1 Å². The molecule has 1 saturated heterocycles. The molecule has 1 rings (SSSR count). The van der Waals surface area contributed by atoms with Crippen LogP contribution in [0.4, 0.5) is 0 Å². The molecule has 1 aliphatic rings. The molecule has 1 aliphatic heterocycles. The monoisotopic (exact) mass is 187 g/mol. The highest BCUT2D eigenvalue weighted by atomic mass is 16.5. The molecule has 0 aromatic rings. The number of hydrogen-bond acceptors (Lipinski definition) is 3. The van der Waals surface area contributed by atoms with Crippen molar-refractivity contribution in [3.63, 3.8) is 0 Å². The van der Waals surface area contributed by atoms with E-state index in [1.807, 2.05) is 0 Å². The Labute approximate surface area is 80.7 Å². The van der Waals surface area contributed by atoms with Crippen LogP contribution in [0, 0.1) is 5.92 Å². The van der Waals surface area contributed by atoms with Gasteiger partial charge in [-0.05, 0) is 38.3 Å². The van der Waals surface area contributed by atoms with Crippen molar-refractivity contribution >= 4 is 0 Å². The molecule has 1 fully saturated rings. The first-order valence-electron chi connectivity index (χ1n) is 5.19. The van der Waals surface area contributed by atoms with Crippen LogP contribution in [0.3, 0.4) is 0 Å². The van der Waals surface area contributed by atoms with Crippen LogP contribution in [0.5, 0.6) is 0 Å². The summed E-state index contributed by atoms with van der Waals surface area (Å²) in [5.41, 5.74) is 0. The van der Waals surface area contributed by atoms with Gasteiger partial charge in [-0.1, -0.05) is 0 Å². The Morgan fingerprint density at radius 1 is 1.46 bits per heavy atom. The van der Waals surface area contributed by atoms with Gasteiger partial charge in [0.1, 0.15) is 0 Å². The molecular weight excluding hydrogens is 166 g/mol. The van der Waals surface area contributed by atoms with Crippen LogP contribution < -0.4 is 0 Å². The van der Waals surface area contributed by atoms with Gasteiger partial charge in [0.2, 0.25) is 0 Å². The molecule has 0 aromatic heterocycles. The van der Waals surface area contributed by atoms with Crippen LogP contribution in [0.2, 0.25) is 0 Å². The van der Waals surface area contributed by atoms with Gasteiger partial charge in [0, 0.05) is 26.9 Å². The number of nitrogens with zero attached hydrogens (tertiary/aromatic N) is 1. The summed E-state index contributed by atoms with van der Waals surface area (Å²) in [5.74, 6) is 0.530. The van der Waals surface area contributed by atoms with Crippen LogP contribution in [0.25, 0.3) is 0 Å². The zero-order valence-corrected chi connectivity index (χ0v) is 8.54. The summed E-state index contributed by atoms with van der Waals surface area (Å²) in [6.07, 6.45) is 3.53. The quantitative estimate of drug-likeness (QED) is 0.622. The van der Waals surface area contributed by atoms with E-state index in [1.54, 1.807) is 7.11 Å². The second-order valence-electron chi connectivity index (χ2n) is 3.84. The molecule has 0 radical (unpaired) electrons. The molecule has 1 N–H and O–H groups in total. The van der Waals surface area contributed by atoms with Gasteiger partial charge in [0.25, 0.3) is 0 Å². The lowest BCUT2D eigenvalue weighted by molar-refractivity contribution is 0.184. The van der Waals surface area contributed by atoms with Crippen LogP contribution in [0.15, 0.2) is 0 Å². The second-order valence-corrected chi connectivity index (χ2v) is 3.84. The molecule has 3 nitrogen and oxygen atoms in total. The summed E-state index contributed by atoms with van der Waals surface area (Å²) in [5, 5.41) is 8.95. The first kappa shape index (κ1) is 11.0. The fourth-order valence-electron chi connectivity index (χ4n) is 1.85. The third kappa shape index (κ3) is 4.07. The maximum absolute atomic E-state index is 8.95. The first-order chi connectivity index (χ1) is 6.36. The molecule has 0 aromatic carbocycles. The summed E-state index contributed by atoms with van der Waals surface area (Å²) in [7, 11) is 1.75. The van der Waals surface area contributed by atoms with Gasteiger partial charge in [-0.3, -0.25) is 0 Å². The van der Waals surface area contributed by atoms with Crippen molar-refractivity contribution in [2.75, 3.05) is 40.0 Å². The van der Waals surface area contributed by atoms with E-state index in [9.17, 15) is 0 Å². The third-order valence-electron chi connectivity index (χ3n) is 2.70. The minimum atomic E-state index is 0.356. The molecule has 13 heavy (non-hydrogen) atoms. The number of methoxy groups -OCH3 is 1. The Balaban J connectivity index is 1.97. The van der Waals surface area contributed by atoms with E-state index >= 15 is 0 Å². The topological polar surface area (TPSA) is 32.7 Å². The Morgan fingerprint density at radius 3 is 2.92 bits per heavy atom. The van der Waals surface area contributed by atoms with E-state index in [4.69, 9.17) is 9.84 Å². The van der Waals surface area contributed by atoms with Crippen LogP contribution in [-0.2, 0) is 4.74 Å². The molecule has 1 heterocycles. The van der Waals surface area contributed by atoms with Crippen molar-refractivity contribution < 1.29 is 9.84 Å². The largest absolute Gasteiger partial charge is 0.396 e. The van der Waals surface area contributed by atoms with Crippen LogP contribution >= 0.6 is 0 Å². The molecule has 1 atom stereocenters. The number of unbranched alkanes of at least 4 members (excludes halogenated alkanes) is 1. The summed E-state index contributed by atoms with van der Waals surface area (Å²) >= 11 is 0. The number of aliphatic hydroxyl groups excluding tert-OH is 1. The van der Waals surface area contributed by atoms with Gasteiger partial charge in [-0.25, -0.2) is 0 Å². The van der Waals surface area contributed by atoms with Gasteiger partial charge in [-0.2, -0.15) is 0 Å². The lowest BCUT2D eigenvalue weighted by Gasteiger charge is -2.14. The zero-order chi connectivity index (χ0) is 9.52. The number of hydrogen-bond donors (Lipinski definition) is 1. The fraction of sp³-hybridized carbons (Fsp3) is 1.00. The van der Waals surface area contributed by atoms with Gasteiger partial charge < -0.3 is 14.7 Å². The highest BCUT2D eigenvalue weighted by molar-refractivity contribution is 4.74. The molecule has 0 saturated carbocycles. The lowest BCUT2D eigenvalue weighted by Crippen LogP contribution is -2.22. The molecule has 1 unspecified atom stereocenters. The number of aliphatic hydroxyl groups is 1. The maximum atomic E-state index is 8.95. The number of ether oxygens (including phenoxy) is 1. The lowest BCUT2D eigenvalue weighted by atomic mass is 10.1. The SMILES string of the molecule is COCCCCN1CCC(CO)C1. The Kier molecular flexibility index (Phi) is 5.35. The highest BCUT2D eigenvalue weighted by Crippen LogP contribution is 2.15. The standard InChI is InChI=1S/C10H21NO2/c1-13-7-3-2-5-11-6-4-10(8-11)9-12/h10,12H,2-9H2,1H3. The first-order valence-corrected chi connectivity index (χ1v) is 5.19. The molecule has 3 heteroatoms. The number of likely N-dealkylation sites (tertiary alicyclic amines) is 1. The van der Waals surface area contributed by atoms with E-state index in [2.05, 4.69) is 4.90 Å². The van der Waals surface area contributed by atoms with Crippen LogP contribution in [-0.4, -0.2) is 50.0 Å². The maximum Gasteiger partial charge on any atom is 0.0471 e. The highest BCUT2D eigenvalue weighted by Gasteiger charge is 2.20. The van der Waals surface area contributed by atoms with Crippen molar-refractivity contribution in [2.24, 2.45) is 5.92 Å². The predicted molar refractivity (Wildman–Crippen MR) is 52.7 cm³/mol. The Hall–Kier alpha value is -0.120. The van der Waals surface area contributed by atoms with Gasteiger partial charge in [0.15, 0.2) is 0 Å². The van der Waals surface area contributed by atoms with E-state index in [1.165, 1.54) is 19.4 Å². The summed E-state index contributed by atoms with van der Waals surface area (Å²) in [4.78, 5) is 2.44. The molecule has 0 aliphatic carbocycles. The Morgan fingerprint density at radius 2 is 2.31 bits per heavy atom. The summed E-state index contributed by atoms with van der Waals surface area (Å²) < 4.78 is 4.99. The second kappa shape index (κ2) is 6.35. The van der Waals surface area contributed by atoms with Crippen molar-refractivity contribution in [2.45, 2.75) is 19.3 Å². The van der Waals surface area contributed by atoms with Crippen molar-refractivity contribution in [3.8, 4) is 0 Å².